The molecule has 0 saturated carbocycles. The molecule has 0 spiro atoms. The fourth-order valence-electron chi connectivity index (χ4n) is 2.34. The van der Waals surface area contributed by atoms with E-state index in [9.17, 15) is 9.90 Å². The van der Waals surface area contributed by atoms with Crippen LogP contribution in [0.5, 0.6) is 0 Å². The first-order chi connectivity index (χ1) is 10.5. The highest BCUT2D eigenvalue weighted by Gasteiger charge is 2.13. The second-order valence-corrected chi connectivity index (χ2v) is 6.79. The number of thiophene rings is 1. The van der Waals surface area contributed by atoms with Crippen LogP contribution in [0.4, 0.5) is 0 Å². The van der Waals surface area contributed by atoms with E-state index in [1.807, 2.05) is 42.1 Å². The van der Waals surface area contributed by atoms with Crippen LogP contribution in [0.15, 0.2) is 42.6 Å². The zero-order chi connectivity index (χ0) is 15.7. The summed E-state index contributed by atoms with van der Waals surface area (Å²) >= 11 is 7.02. The molecule has 0 aliphatic heterocycles. The smallest absolute Gasteiger partial charge is 0.261 e. The molecule has 0 aliphatic rings. The molecule has 2 heterocycles. The number of hydrogen-bond acceptors (Lipinski definition) is 3. The maximum Gasteiger partial charge on any atom is 0.261 e. The minimum Gasteiger partial charge on any atom is -0.387 e. The quantitative estimate of drug-likeness (QED) is 0.768. The summed E-state index contributed by atoms with van der Waals surface area (Å²) in [5.41, 5.74) is 1.89. The molecular formula is C16H15ClN2O2S. The van der Waals surface area contributed by atoms with Crippen LogP contribution in [0.3, 0.4) is 0 Å². The average molecular weight is 335 g/mol. The highest BCUT2D eigenvalue weighted by molar-refractivity contribution is 7.17. The van der Waals surface area contributed by atoms with Crippen molar-refractivity contribution in [2.24, 2.45) is 7.05 Å². The van der Waals surface area contributed by atoms with Crippen LogP contribution in [0.2, 0.25) is 4.34 Å². The number of aliphatic hydroxyl groups excluding tert-OH is 1. The van der Waals surface area contributed by atoms with E-state index in [0.717, 1.165) is 16.5 Å². The largest absolute Gasteiger partial charge is 0.387 e. The molecule has 6 heteroatoms. The topological polar surface area (TPSA) is 54.3 Å². The minimum absolute atomic E-state index is 0.159. The Hall–Kier alpha value is -1.82. The number of hydrogen-bond donors (Lipinski definition) is 2. The number of rotatable bonds is 4. The Kier molecular flexibility index (Phi) is 4.20. The zero-order valence-electron chi connectivity index (χ0n) is 11.9. The predicted molar refractivity (Wildman–Crippen MR) is 89.5 cm³/mol. The molecule has 22 heavy (non-hydrogen) atoms. The lowest BCUT2D eigenvalue weighted by Gasteiger charge is -2.12. The zero-order valence-corrected chi connectivity index (χ0v) is 13.5. The number of carbonyl (C=O) groups excluding carboxylic acids is 1. The highest BCUT2D eigenvalue weighted by atomic mass is 35.5. The van der Waals surface area contributed by atoms with Gasteiger partial charge in [0, 0.05) is 25.3 Å². The van der Waals surface area contributed by atoms with Crippen molar-refractivity contribution in [3.8, 4) is 0 Å². The van der Waals surface area contributed by atoms with Gasteiger partial charge in [-0.25, -0.2) is 0 Å². The van der Waals surface area contributed by atoms with Crippen LogP contribution >= 0.6 is 22.9 Å². The van der Waals surface area contributed by atoms with Crippen LogP contribution in [0.25, 0.3) is 10.9 Å². The van der Waals surface area contributed by atoms with Gasteiger partial charge in [0.05, 0.1) is 15.3 Å². The first-order valence-electron chi connectivity index (χ1n) is 6.81. The van der Waals surface area contributed by atoms with Gasteiger partial charge in [-0.1, -0.05) is 17.7 Å². The van der Waals surface area contributed by atoms with Crippen LogP contribution in [-0.2, 0) is 7.05 Å². The maximum absolute atomic E-state index is 11.9. The maximum atomic E-state index is 11.9. The summed E-state index contributed by atoms with van der Waals surface area (Å²) in [6.45, 7) is 0.159. The third-order valence-corrected chi connectivity index (χ3v) is 4.78. The van der Waals surface area contributed by atoms with Gasteiger partial charge in [0.25, 0.3) is 5.91 Å². The van der Waals surface area contributed by atoms with Crippen molar-refractivity contribution in [2.75, 3.05) is 6.54 Å². The van der Waals surface area contributed by atoms with E-state index in [1.165, 1.54) is 11.3 Å². The minimum atomic E-state index is -0.746. The van der Waals surface area contributed by atoms with Crippen molar-refractivity contribution in [1.82, 2.24) is 9.88 Å². The summed E-state index contributed by atoms with van der Waals surface area (Å²) in [7, 11) is 1.98. The lowest BCUT2D eigenvalue weighted by Crippen LogP contribution is -2.27. The van der Waals surface area contributed by atoms with Crippen LogP contribution in [0, 0.1) is 0 Å². The molecule has 1 aromatic carbocycles. The summed E-state index contributed by atoms with van der Waals surface area (Å²) in [5.74, 6) is -0.225. The van der Waals surface area contributed by atoms with Crippen LogP contribution in [0.1, 0.15) is 21.3 Å². The van der Waals surface area contributed by atoms with Crippen LogP contribution < -0.4 is 5.32 Å². The molecule has 0 fully saturated rings. The van der Waals surface area contributed by atoms with Gasteiger partial charge in [-0.2, -0.15) is 0 Å². The number of amides is 1. The summed E-state index contributed by atoms with van der Waals surface area (Å²) in [5, 5.41) is 14.0. The van der Waals surface area contributed by atoms with Gasteiger partial charge in [0.15, 0.2) is 0 Å². The molecule has 1 unspecified atom stereocenters. The number of aryl methyl sites for hydroxylation is 1. The molecule has 1 amide bonds. The number of halogens is 1. The van der Waals surface area contributed by atoms with Crippen molar-refractivity contribution >= 4 is 39.7 Å². The Bertz CT molecular complexity index is 825. The second-order valence-electron chi connectivity index (χ2n) is 5.07. The normalized spacial score (nSPS) is 12.5. The van der Waals surface area contributed by atoms with E-state index in [1.54, 1.807) is 12.1 Å². The Balaban J connectivity index is 1.67. The van der Waals surface area contributed by atoms with E-state index in [-0.39, 0.29) is 12.5 Å². The average Bonchev–Trinajstić information content (AvgIpc) is 3.11. The SMILES string of the molecule is Cn1ccc2cc(C(O)CNC(=O)c3ccc(Cl)s3)ccc21. The van der Waals surface area contributed by atoms with E-state index in [0.29, 0.717) is 9.21 Å². The van der Waals surface area contributed by atoms with Crippen LogP contribution in [-0.4, -0.2) is 22.1 Å². The van der Waals surface area contributed by atoms with Crippen molar-refractivity contribution in [3.63, 3.8) is 0 Å². The molecule has 1 atom stereocenters. The van der Waals surface area contributed by atoms with Gasteiger partial charge in [-0.15, -0.1) is 11.3 Å². The number of aliphatic hydroxyl groups is 1. The predicted octanol–water partition coefficient (Wildman–Crippen LogP) is 3.36. The van der Waals surface area contributed by atoms with Crippen molar-refractivity contribution < 1.29 is 9.90 Å². The van der Waals surface area contributed by atoms with E-state index in [2.05, 4.69) is 5.32 Å². The monoisotopic (exact) mass is 334 g/mol. The first kappa shape index (κ1) is 15.1. The standard InChI is InChI=1S/C16H15ClN2O2S/c1-19-7-6-10-8-11(2-3-12(10)19)13(20)9-18-16(21)14-4-5-15(17)22-14/h2-8,13,20H,9H2,1H3,(H,18,21). The number of carbonyl (C=O) groups is 1. The molecular weight excluding hydrogens is 320 g/mol. The molecule has 2 aromatic heterocycles. The van der Waals surface area contributed by atoms with Crippen molar-refractivity contribution in [3.05, 3.63) is 57.4 Å². The Labute approximate surface area is 136 Å². The van der Waals surface area contributed by atoms with E-state index in [4.69, 9.17) is 11.6 Å². The molecule has 0 radical (unpaired) electrons. The van der Waals surface area contributed by atoms with Gasteiger partial charge in [-0.3, -0.25) is 4.79 Å². The molecule has 0 aliphatic carbocycles. The fraction of sp³-hybridized carbons (Fsp3) is 0.188. The second kappa shape index (κ2) is 6.12. The summed E-state index contributed by atoms with van der Waals surface area (Å²) in [4.78, 5) is 12.5. The van der Waals surface area contributed by atoms with Gasteiger partial charge in [0.2, 0.25) is 0 Å². The summed E-state index contributed by atoms with van der Waals surface area (Å²) < 4.78 is 2.59. The lowest BCUT2D eigenvalue weighted by atomic mass is 10.1. The van der Waals surface area contributed by atoms with Gasteiger partial charge in [-0.05, 0) is 41.3 Å². The third-order valence-electron chi connectivity index (χ3n) is 3.55. The molecule has 3 aromatic rings. The molecule has 4 nitrogen and oxygen atoms in total. The molecule has 3 rings (SSSR count). The van der Waals surface area contributed by atoms with E-state index < -0.39 is 6.10 Å². The fourth-order valence-corrected chi connectivity index (χ4v) is 3.30. The molecule has 114 valence electrons. The van der Waals surface area contributed by atoms with Crippen molar-refractivity contribution in [1.29, 1.82) is 0 Å². The Morgan fingerprint density at radius 3 is 2.91 bits per heavy atom. The highest BCUT2D eigenvalue weighted by Crippen LogP contribution is 2.22. The van der Waals surface area contributed by atoms with Gasteiger partial charge >= 0.3 is 0 Å². The summed E-state index contributed by atoms with van der Waals surface area (Å²) in [6.07, 6.45) is 1.23. The Morgan fingerprint density at radius 1 is 1.36 bits per heavy atom. The Morgan fingerprint density at radius 2 is 2.18 bits per heavy atom. The number of benzene rings is 1. The van der Waals surface area contributed by atoms with Crippen molar-refractivity contribution in [2.45, 2.75) is 6.10 Å². The summed E-state index contributed by atoms with van der Waals surface area (Å²) in [6, 6.07) is 11.1. The number of nitrogens with one attached hydrogen (secondary N) is 1. The number of aromatic nitrogens is 1. The lowest BCUT2D eigenvalue weighted by molar-refractivity contribution is 0.0920. The third kappa shape index (κ3) is 3.02. The van der Waals surface area contributed by atoms with Gasteiger partial charge in [0.1, 0.15) is 0 Å². The molecule has 0 bridgehead atoms. The first-order valence-corrected chi connectivity index (χ1v) is 8.00. The molecule has 2 N–H and O–H groups in total. The van der Waals surface area contributed by atoms with E-state index >= 15 is 0 Å². The van der Waals surface area contributed by atoms with Gasteiger partial charge < -0.3 is 15.0 Å². The number of nitrogens with zero attached hydrogens (tertiary/aromatic N) is 1. The number of fused-ring (bicyclic) bond motifs is 1. The molecule has 0 saturated heterocycles.